The molecule has 6 rings (SSSR count). The van der Waals surface area contributed by atoms with E-state index < -0.39 is 0 Å². The Morgan fingerprint density at radius 1 is 0.606 bits per heavy atom. The molecule has 0 aliphatic carbocycles. The molecule has 0 spiro atoms. The van der Waals surface area contributed by atoms with Gasteiger partial charge in [-0.25, -0.2) is 9.97 Å². The summed E-state index contributed by atoms with van der Waals surface area (Å²) in [5.41, 5.74) is 1.32. The van der Waals surface area contributed by atoms with E-state index in [1.165, 1.54) is 32.3 Å². The van der Waals surface area contributed by atoms with Crippen LogP contribution in [-0.2, 0) is 9.31 Å². The summed E-state index contributed by atoms with van der Waals surface area (Å²) in [4.78, 5) is 8.88. The van der Waals surface area contributed by atoms with Crippen molar-refractivity contribution in [3.8, 4) is 11.4 Å². The zero-order valence-electron chi connectivity index (χ0n) is 19.3. The molecule has 0 bridgehead atoms. The Balaban J connectivity index is 1.58. The van der Waals surface area contributed by atoms with E-state index in [1.54, 1.807) is 12.4 Å². The van der Waals surface area contributed by atoms with Gasteiger partial charge in [0.15, 0.2) is 5.82 Å². The fourth-order valence-electron chi connectivity index (χ4n) is 4.69. The number of aromatic nitrogens is 2. The molecule has 1 aliphatic rings. The van der Waals surface area contributed by atoms with Crippen LogP contribution in [-0.4, -0.2) is 28.3 Å². The smallest absolute Gasteiger partial charge is 0.399 e. The monoisotopic (exact) mass is 432 g/mol. The minimum absolute atomic E-state index is 0.367. The lowest BCUT2D eigenvalue weighted by molar-refractivity contribution is 0.00578. The Kier molecular flexibility index (Phi) is 4.38. The van der Waals surface area contributed by atoms with Gasteiger partial charge < -0.3 is 9.31 Å². The third-order valence-corrected chi connectivity index (χ3v) is 7.21. The van der Waals surface area contributed by atoms with Gasteiger partial charge in [0.1, 0.15) is 0 Å². The molecule has 162 valence electrons. The molecular weight excluding hydrogens is 407 g/mol. The molecule has 0 amide bonds. The van der Waals surface area contributed by atoms with Crippen molar-refractivity contribution >= 4 is 44.9 Å². The van der Waals surface area contributed by atoms with E-state index in [0.717, 1.165) is 16.9 Å². The van der Waals surface area contributed by atoms with Crippen LogP contribution >= 0.6 is 0 Å². The Morgan fingerprint density at radius 2 is 1.15 bits per heavy atom. The molecule has 4 nitrogen and oxygen atoms in total. The fraction of sp³-hybridized carbons (Fsp3) is 0.214. The van der Waals surface area contributed by atoms with Gasteiger partial charge in [0.2, 0.25) is 0 Å². The third-order valence-electron chi connectivity index (χ3n) is 7.21. The largest absolute Gasteiger partial charge is 0.494 e. The number of fused-ring (bicyclic) bond motifs is 6. The molecule has 2 heterocycles. The standard InChI is InChI=1S/C28H25BN2O2/c1-27(2)28(3,4)33-29(32-27)19-11-13-23-22-12-10-18(26-30-14-7-15-31-26)16-24(22)20-8-5-6-9-21(20)25(23)17-19/h5-17H,1-4H3. The first-order chi connectivity index (χ1) is 15.8. The third kappa shape index (κ3) is 3.15. The molecule has 0 atom stereocenters. The van der Waals surface area contributed by atoms with Gasteiger partial charge in [0.05, 0.1) is 11.2 Å². The minimum Gasteiger partial charge on any atom is -0.399 e. The lowest BCUT2D eigenvalue weighted by Gasteiger charge is -2.32. The number of hydrogen-bond acceptors (Lipinski definition) is 4. The number of rotatable bonds is 2. The summed E-state index contributed by atoms with van der Waals surface area (Å²) in [6.45, 7) is 8.35. The van der Waals surface area contributed by atoms with Gasteiger partial charge >= 0.3 is 7.12 Å². The summed E-state index contributed by atoms with van der Waals surface area (Å²) >= 11 is 0. The summed E-state index contributed by atoms with van der Waals surface area (Å²) < 4.78 is 12.7. The van der Waals surface area contributed by atoms with Crippen LogP contribution in [0.1, 0.15) is 27.7 Å². The zero-order valence-corrected chi connectivity index (χ0v) is 19.3. The van der Waals surface area contributed by atoms with E-state index in [2.05, 4.69) is 98.3 Å². The maximum atomic E-state index is 6.33. The predicted molar refractivity (Wildman–Crippen MR) is 136 cm³/mol. The number of nitrogens with zero attached hydrogens (tertiary/aromatic N) is 2. The average molecular weight is 432 g/mol. The molecule has 0 radical (unpaired) electrons. The Hall–Kier alpha value is -3.28. The number of benzene rings is 4. The lowest BCUT2D eigenvalue weighted by atomic mass is 9.77. The van der Waals surface area contributed by atoms with E-state index in [-0.39, 0.29) is 18.3 Å². The SMILES string of the molecule is CC1(C)OB(c2ccc3c4ccc(-c5ncccn5)cc4c4ccccc4c3c2)OC1(C)C. The van der Waals surface area contributed by atoms with Crippen LogP contribution in [0.15, 0.2) is 79.1 Å². The van der Waals surface area contributed by atoms with Crippen molar-refractivity contribution in [2.24, 2.45) is 0 Å². The minimum atomic E-state index is -0.383. The maximum absolute atomic E-state index is 6.33. The summed E-state index contributed by atoms with van der Waals surface area (Å²) in [6, 6.07) is 23.5. The topological polar surface area (TPSA) is 44.2 Å². The van der Waals surface area contributed by atoms with Crippen molar-refractivity contribution < 1.29 is 9.31 Å². The maximum Gasteiger partial charge on any atom is 0.494 e. The van der Waals surface area contributed by atoms with Gasteiger partial charge in [-0.2, -0.15) is 0 Å². The number of hydrogen-bond donors (Lipinski definition) is 0. The molecule has 0 saturated carbocycles. The van der Waals surface area contributed by atoms with Crippen molar-refractivity contribution in [2.75, 3.05) is 0 Å². The van der Waals surface area contributed by atoms with E-state index in [9.17, 15) is 0 Å². The lowest BCUT2D eigenvalue weighted by Crippen LogP contribution is -2.41. The molecule has 5 aromatic rings. The normalized spacial score (nSPS) is 17.3. The van der Waals surface area contributed by atoms with Gasteiger partial charge in [0, 0.05) is 18.0 Å². The highest BCUT2D eigenvalue weighted by atomic mass is 16.7. The van der Waals surface area contributed by atoms with Gasteiger partial charge in [0.25, 0.3) is 0 Å². The molecular formula is C28H25BN2O2. The van der Waals surface area contributed by atoms with Crippen LogP contribution in [0, 0.1) is 0 Å². The molecule has 1 fully saturated rings. The molecule has 0 unspecified atom stereocenters. The van der Waals surface area contributed by atoms with Crippen molar-refractivity contribution in [1.29, 1.82) is 0 Å². The summed E-state index contributed by atoms with van der Waals surface area (Å²) in [6.07, 6.45) is 3.56. The van der Waals surface area contributed by atoms with Crippen LogP contribution in [0.25, 0.3) is 43.7 Å². The van der Waals surface area contributed by atoms with Crippen LogP contribution in [0.5, 0.6) is 0 Å². The molecule has 1 aromatic heterocycles. The molecule has 4 aromatic carbocycles. The van der Waals surface area contributed by atoms with Crippen molar-refractivity contribution in [3.05, 3.63) is 79.1 Å². The Morgan fingerprint density at radius 3 is 1.79 bits per heavy atom. The molecule has 1 aliphatic heterocycles. The Bertz CT molecular complexity index is 1490. The highest BCUT2D eigenvalue weighted by Gasteiger charge is 2.51. The molecule has 33 heavy (non-hydrogen) atoms. The van der Waals surface area contributed by atoms with Crippen molar-refractivity contribution in [1.82, 2.24) is 9.97 Å². The highest BCUT2D eigenvalue weighted by molar-refractivity contribution is 6.62. The van der Waals surface area contributed by atoms with Gasteiger partial charge in [-0.05, 0) is 77.6 Å². The van der Waals surface area contributed by atoms with Crippen LogP contribution in [0.2, 0.25) is 0 Å². The molecule has 0 N–H and O–H groups in total. The second-order valence-corrected chi connectivity index (χ2v) is 9.77. The second-order valence-electron chi connectivity index (χ2n) is 9.77. The van der Waals surface area contributed by atoms with Gasteiger partial charge in [-0.1, -0.05) is 54.6 Å². The van der Waals surface area contributed by atoms with Crippen molar-refractivity contribution in [2.45, 2.75) is 38.9 Å². The second kappa shape index (κ2) is 7.11. The summed E-state index contributed by atoms with van der Waals surface area (Å²) in [5.74, 6) is 0.736. The van der Waals surface area contributed by atoms with Crippen LogP contribution < -0.4 is 5.46 Å². The van der Waals surface area contributed by atoms with Gasteiger partial charge in [-0.15, -0.1) is 0 Å². The Labute approximate surface area is 193 Å². The van der Waals surface area contributed by atoms with Crippen molar-refractivity contribution in [3.63, 3.8) is 0 Å². The first-order valence-electron chi connectivity index (χ1n) is 11.4. The molecule has 1 saturated heterocycles. The first-order valence-corrected chi connectivity index (χ1v) is 11.4. The average Bonchev–Trinajstić information content (AvgIpc) is 3.06. The fourth-order valence-corrected chi connectivity index (χ4v) is 4.69. The predicted octanol–water partition coefficient (Wildman–Crippen LogP) is 5.90. The van der Waals surface area contributed by atoms with Crippen LogP contribution in [0.4, 0.5) is 0 Å². The van der Waals surface area contributed by atoms with Gasteiger partial charge in [-0.3, -0.25) is 0 Å². The van der Waals surface area contributed by atoms with Crippen LogP contribution in [0.3, 0.4) is 0 Å². The molecule has 5 heteroatoms. The quantitative estimate of drug-likeness (QED) is 0.257. The van der Waals surface area contributed by atoms with E-state index in [0.29, 0.717) is 0 Å². The zero-order chi connectivity index (χ0) is 22.8. The van der Waals surface area contributed by atoms with E-state index in [1.807, 2.05) is 6.07 Å². The van der Waals surface area contributed by atoms with E-state index >= 15 is 0 Å². The highest BCUT2D eigenvalue weighted by Crippen LogP contribution is 2.39. The van der Waals surface area contributed by atoms with E-state index in [4.69, 9.17) is 9.31 Å². The summed E-state index contributed by atoms with van der Waals surface area (Å²) in [5, 5.41) is 7.25. The summed E-state index contributed by atoms with van der Waals surface area (Å²) in [7, 11) is -0.383. The first kappa shape index (κ1) is 20.3.